The minimum atomic E-state index is -0.0539. The lowest BCUT2D eigenvalue weighted by molar-refractivity contribution is -0.121. The van der Waals surface area contributed by atoms with Crippen LogP contribution in [0.25, 0.3) is 0 Å². The van der Waals surface area contributed by atoms with Crippen LogP contribution < -0.4 is 25.1 Å². The predicted octanol–water partition coefficient (Wildman–Crippen LogP) is 3.17. The van der Waals surface area contributed by atoms with E-state index in [1.807, 2.05) is 36.4 Å². The minimum absolute atomic E-state index is 0.0325. The van der Waals surface area contributed by atoms with Crippen molar-refractivity contribution < 1.29 is 19.0 Å². The van der Waals surface area contributed by atoms with E-state index in [1.165, 1.54) is 0 Å². The number of methoxy groups -OCH3 is 3. The Balaban J connectivity index is 1.53. The van der Waals surface area contributed by atoms with E-state index in [9.17, 15) is 9.59 Å². The van der Waals surface area contributed by atoms with Crippen molar-refractivity contribution in [1.29, 1.82) is 0 Å². The zero-order chi connectivity index (χ0) is 22.9. The number of rotatable bonds is 10. The number of aromatic nitrogens is 1. The van der Waals surface area contributed by atoms with Crippen LogP contribution in [-0.4, -0.2) is 31.8 Å². The molecule has 7 nitrogen and oxygen atoms in total. The van der Waals surface area contributed by atoms with Gasteiger partial charge >= 0.3 is 0 Å². The fourth-order valence-electron chi connectivity index (χ4n) is 3.45. The number of nitrogens with one attached hydrogen (secondary N) is 1. The van der Waals surface area contributed by atoms with Gasteiger partial charge in [-0.05, 0) is 35.2 Å². The van der Waals surface area contributed by atoms with Crippen molar-refractivity contribution in [2.45, 2.75) is 25.9 Å². The molecule has 1 heterocycles. The highest BCUT2D eigenvalue weighted by molar-refractivity contribution is 5.76. The van der Waals surface area contributed by atoms with Crippen LogP contribution in [0.2, 0.25) is 0 Å². The average molecular weight is 437 g/mol. The van der Waals surface area contributed by atoms with Gasteiger partial charge in [0.1, 0.15) is 0 Å². The number of pyridine rings is 1. The number of ether oxygens (including phenoxy) is 3. The number of nitrogens with zero attached hydrogens (tertiary/aromatic N) is 1. The molecule has 0 aliphatic carbocycles. The second-order valence-electron chi connectivity index (χ2n) is 7.25. The molecule has 0 radical (unpaired) electrons. The Morgan fingerprint density at radius 1 is 0.875 bits per heavy atom. The van der Waals surface area contributed by atoms with Crippen LogP contribution in [0.5, 0.6) is 17.2 Å². The van der Waals surface area contributed by atoms with Gasteiger partial charge in [0.2, 0.25) is 11.7 Å². The number of hydrogen-bond acceptors (Lipinski definition) is 5. The van der Waals surface area contributed by atoms with E-state index in [1.54, 1.807) is 50.3 Å². The van der Waals surface area contributed by atoms with Gasteiger partial charge in [-0.2, -0.15) is 0 Å². The van der Waals surface area contributed by atoms with Gasteiger partial charge in [0, 0.05) is 25.2 Å². The molecule has 0 spiro atoms. The Kier molecular flexibility index (Phi) is 7.91. The Labute approximate surface area is 187 Å². The smallest absolute Gasteiger partial charge is 0.250 e. The molecule has 1 amide bonds. The van der Waals surface area contributed by atoms with Crippen molar-refractivity contribution in [3.05, 3.63) is 87.8 Å². The molecular weight excluding hydrogens is 408 g/mol. The van der Waals surface area contributed by atoms with E-state index in [-0.39, 0.29) is 11.5 Å². The van der Waals surface area contributed by atoms with Gasteiger partial charge in [0.25, 0.3) is 5.56 Å². The monoisotopic (exact) mass is 436 g/mol. The van der Waals surface area contributed by atoms with Gasteiger partial charge in [0.15, 0.2) is 11.5 Å². The summed E-state index contributed by atoms with van der Waals surface area (Å²) in [5.74, 6) is 1.62. The van der Waals surface area contributed by atoms with E-state index in [0.717, 1.165) is 16.7 Å². The third kappa shape index (κ3) is 5.69. The molecule has 3 rings (SSSR count). The highest BCUT2D eigenvalue weighted by Gasteiger charge is 2.16. The maximum Gasteiger partial charge on any atom is 0.250 e. The molecule has 0 unspecified atom stereocenters. The lowest BCUT2D eigenvalue weighted by Gasteiger charge is -2.15. The largest absolute Gasteiger partial charge is 0.493 e. The number of hydrogen-bond donors (Lipinski definition) is 1. The first kappa shape index (κ1) is 22.9. The average Bonchev–Trinajstić information content (AvgIpc) is 2.82. The molecule has 0 saturated carbocycles. The van der Waals surface area contributed by atoms with Crippen molar-refractivity contribution in [2.24, 2.45) is 0 Å². The van der Waals surface area contributed by atoms with Crippen molar-refractivity contribution in [3.8, 4) is 17.2 Å². The summed E-state index contributed by atoms with van der Waals surface area (Å²) in [4.78, 5) is 24.2. The van der Waals surface area contributed by atoms with Gasteiger partial charge in [-0.3, -0.25) is 9.59 Å². The highest BCUT2D eigenvalue weighted by atomic mass is 16.5. The summed E-state index contributed by atoms with van der Waals surface area (Å²) in [6.07, 6.45) is 2.60. The van der Waals surface area contributed by atoms with Crippen molar-refractivity contribution in [1.82, 2.24) is 9.88 Å². The highest BCUT2D eigenvalue weighted by Crippen LogP contribution is 2.40. The van der Waals surface area contributed by atoms with Gasteiger partial charge < -0.3 is 24.1 Å². The fraction of sp³-hybridized carbons (Fsp3) is 0.280. The van der Waals surface area contributed by atoms with Crippen LogP contribution >= 0.6 is 0 Å². The second-order valence-corrected chi connectivity index (χ2v) is 7.25. The summed E-state index contributed by atoms with van der Waals surface area (Å²) in [7, 11) is 4.69. The Morgan fingerprint density at radius 2 is 1.59 bits per heavy atom. The first-order chi connectivity index (χ1) is 15.5. The maximum absolute atomic E-state index is 12.4. The van der Waals surface area contributed by atoms with Crippen LogP contribution in [0, 0.1) is 0 Å². The van der Waals surface area contributed by atoms with E-state index in [2.05, 4.69) is 5.32 Å². The maximum atomic E-state index is 12.4. The van der Waals surface area contributed by atoms with Crippen molar-refractivity contribution in [2.75, 3.05) is 21.3 Å². The number of amides is 1. The standard InChI is InChI=1S/C25H28N2O5/c1-30-21-13-11-20(24(31-2)25(21)32-3)12-14-22(28)26-16-18-7-9-19(10-8-18)17-27-15-5-4-6-23(27)29/h4-11,13,15H,12,14,16-17H2,1-3H3,(H,26,28). The third-order valence-corrected chi connectivity index (χ3v) is 5.17. The molecule has 0 fully saturated rings. The SMILES string of the molecule is COc1ccc(CCC(=O)NCc2ccc(Cn3ccccc3=O)cc2)c(OC)c1OC. The first-order valence-corrected chi connectivity index (χ1v) is 10.3. The van der Waals surface area contributed by atoms with E-state index >= 15 is 0 Å². The van der Waals surface area contributed by atoms with Gasteiger partial charge in [-0.25, -0.2) is 0 Å². The van der Waals surface area contributed by atoms with Crippen LogP contribution in [0.4, 0.5) is 0 Å². The molecule has 32 heavy (non-hydrogen) atoms. The molecule has 7 heteroatoms. The summed E-state index contributed by atoms with van der Waals surface area (Å²) >= 11 is 0. The summed E-state index contributed by atoms with van der Waals surface area (Å²) in [5.41, 5.74) is 2.86. The molecule has 1 aromatic heterocycles. The zero-order valence-electron chi connectivity index (χ0n) is 18.6. The van der Waals surface area contributed by atoms with Crippen molar-refractivity contribution in [3.63, 3.8) is 0 Å². The number of carbonyl (C=O) groups is 1. The molecule has 2 aromatic carbocycles. The predicted molar refractivity (Wildman–Crippen MR) is 123 cm³/mol. The number of benzene rings is 2. The fourth-order valence-corrected chi connectivity index (χ4v) is 3.45. The Morgan fingerprint density at radius 3 is 2.25 bits per heavy atom. The molecule has 0 atom stereocenters. The molecular formula is C25H28N2O5. The summed E-state index contributed by atoms with van der Waals surface area (Å²) in [6, 6.07) is 16.6. The van der Waals surface area contributed by atoms with Gasteiger partial charge in [-0.15, -0.1) is 0 Å². The normalized spacial score (nSPS) is 10.5. The second kappa shape index (κ2) is 11.0. The molecule has 0 aliphatic rings. The minimum Gasteiger partial charge on any atom is -0.493 e. The molecule has 1 N–H and O–H groups in total. The summed E-state index contributed by atoms with van der Waals surface area (Å²) < 4.78 is 17.8. The molecule has 0 bridgehead atoms. The van der Waals surface area contributed by atoms with Crippen LogP contribution in [0.1, 0.15) is 23.1 Å². The molecule has 168 valence electrons. The van der Waals surface area contributed by atoms with Gasteiger partial charge in [-0.1, -0.05) is 36.4 Å². The lowest BCUT2D eigenvalue weighted by Crippen LogP contribution is -2.23. The number of carbonyl (C=O) groups excluding carboxylic acids is 1. The molecule has 3 aromatic rings. The van der Waals surface area contributed by atoms with E-state index < -0.39 is 0 Å². The van der Waals surface area contributed by atoms with Crippen LogP contribution in [0.15, 0.2) is 65.6 Å². The topological polar surface area (TPSA) is 78.8 Å². The zero-order valence-corrected chi connectivity index (χ0v) is 18.6. The number of aryl methyl sites for hydroxylation is 1. The van der Waals surface area contributed by atoms with E-state index in [4.69, 9.17) is 14.2 Å². The van der Waals surface area contributed by atoms with Gasteiger partial charge in [0.05, 0.1) is 27.9 Å². The molecule has 0 aliphatic heterocycles. The van der Waals surface area contributed by atoms with Crippen LogP contribution in [-0.2, 0) is 24.3 Å². The van der Waals surface area contributed by atoms with Crippen molar-refractivity contribution >= 4 is 5.91 Å². The molecule has 0 saturated heterocycles. The quantitative estimate of drug-likeness (QED) is 0.528. The summed E-state index contributed by atoms with van der Waals surface area (Å²) in [5, 5.41) is 2.95. The van der Waals surface area contributed by atoms with E-state index in [0.29, 0.717) is 43.2 Å². The lowest BCUT2D eigenvalue weighted by atomic mass is 10.1. The van der Waals surface area contributed by atoms with Crippen LogP contribution in [0.3, 0.4) is 0 Å². The summed E-state index contributed by atoms with van der Waals surface area (Å²) in [6.45, 7) is 0.951. The first-order valence-electron chi connectivity index (χ1n) is 10.3. The third-order valence-electron chi connectivity index (χ3n) is 5.17. The Hall–Kier alpha value is -3.74. The Bertz CT molecular complexity index is 1110.